The van der Waals surface area contributed by atoms with Crippen molar-refractivity contribution in [1.29, 1.82) is 0 Å². The average molecular weight is 251 g/mol. The highest BCUT2D eigenvalue weighted by Gasteiger charge is 2.16. The molecule has 1 aromatic rings. The van der Waals surface area contributed by atoms with Crippen LogP contribution in [0.1, 0.15) is 19.5 Å². The molecule has 2 heterocycles. The molecule has 0 saturated carbocycles. The highest BCUT2D eigenvalue weighted by molar-refractivity contribution is 6.99. The Morgan fingerprint density at radius 2 is 2.29 bits per heavy atom. The van der Waals surface area contributed by atoms with E-state index in [0.29, 0.717) is 18.4 Å². The Bertz CT molecular complexity index is 437. The number of rotatable bonds is 4. The van der Waals surface area contributed by atoms with Crippen molar-refractivity contribution >= 4 is 17.3 Å². The second-order valence-electron chi connectivity index (χ2n) is 4.57. The Kier molecular flexibility index (Phi) is 3.78. The molecular formula is C12H17N3OS. The largest absolute Gasteiger partial charge is 0.475 e. The molecule has 0 saturated heterocycles. The number of hydrogen-bond acceptors (Lipinski definition) is 5. The SMILES string of the molecule is CC(C)COc1nsnc1C1=CC=CN(C)C1. The third kappa shape index (κ3) is 3.06. The monoisotopic (exact) mass is 251 g/mol. The van der Waals surface area contributed by atoms with Crippen LogP contribution in [0, 0.1) is 5.92 Å². The van der Waals surface area contributed by atoms with Gasteiger partial charge in [0.15, 0.2) is 0 Å². The lowest BCUT2D eigenvalue weighted by Crippen LogP contribution is -2.16. The Hall–Kier alpha value is -1.36. The molecule has 0 atom stereocenters. The van der Waals surface area contributed by atoms with Crippen LogP contribution < -0.4 is 4.74 Å². The van der Waals surface area contributed by atoms with Gasteiger partial charge in [-0.25, -0.2) is 0 Å². The van der Waals surface area contributed by atoms with Gasteiger partial charge in [0.05, 0.1) is 18.3 Å². The fourth-order valence-corrected chi connectivity index (χ4v) is 2.08. The maximum Gasteiger partial charge on any atom is 0.253 e. The van der Waals surface area contributed by atoms with Gasteiger partial charge in [0.1, 0.15) is 5.69 Å². The van der Waals surface area contributed by atoms with Crippen LogP contribution in [0.15, 0.2) is 18.4 Å². The molecule has 0 unspecified atom stereocenters. The van der Waals surface area contributed by atoms with Crippen molar-refractivity contribution in [2.24, 2.45) is 5.92 Å². The Morgan fingerprint density at radius 3 is 3.00 bits per heavy atom. The lowest BCUT2D eigenvalue weighted by atomic mass is 10.1. The lowest BCUT2D eigenvalue weighted by Gasteiger charge is -2.19. The standard InChI is InChI=1S/C12H17N3OS/c1-9(2)8-16-12-11(13-17-14-12)10-5-4-6-15(3)7-10/h4-6,9H,7-8H2,1-3H3. The minimum atomic E-state index is 0.493. The van der Waals surface area contributed by atoms with Gasteiger partial charge in [-0.2, -0.15) is 4.37 Å². The highest BCUT2D eigenvalue weighted by Crippen LogP contribution is 2.26. The van der Waals surface area contributed by atoms with E-state index in [1.165, 1.54) is 11.7 Å². The van der Waals surface area contributed by atoms with Crippen molar-refractivity contribution in [2.45, 2.75) is 13.8 Å². The fourth-order valence-electron chi connectivity index (χ4n) is 1.55. The van der Waals surface area contributed by atoms with E-state index in [9.17, 15) is 0 Å². The van der Waals surface area contributed by atoms with Crippen molar-refractivity contribution in [3.05, 3.63) is 24.0 Å². The zero-order valence-corrected chi connectivity index (χ0v) is 11.2. The summed E-state index contributed by atoms with van der Waals surface area (Å²) in [4.78, 5) is 2.11. The molecule has 1 aliphatic rings. The molecule has 0 radical (unpaired) electrons. The topological polar surface area (TPSA) is 38.3 Å². The minimum Gasteiger partial charge on any atom is -0.475 e. The smallest absolute Gasteiger partial charge is 0.253 e. The van der Waals surface area contributed by atoms with E-state index in [-0.39, 0.29) is 0 Å². The van der Waals surface area contributed by atoms with E-state index in [1.54, 1.807) is 0 Å². The van der Waals surface area contributed by atoms with Crippen LogP contribution >= 0.6 is 11.7 Å². The summed E-state index contributed by atoms with van der Waals surface area (Å²) in [5.41, 5.74) is 2.04. The van der Waals surface area contributed by atoms with Gasteiger partial charge in [-0.05, 0) is 18.2 Å². The number of likely N-dealkylation sites (N-methyl/N-ethyl adjacent to an activating group) is 1. The second-order valence-corrected chi connectivity index (χ2v) is 5.10. The first-order chi connectivity index (χ1) is 8.16. The minimum absolute atomic E-state index is 0.493. The summed E-state index contributed by atoms with van der Waals surface area (Å²) in [7, 11) is 2.04. The molecule has 0 aliphatic carbocycles. The summed E-state index contributed by atoms with van der Waals surface area (Å²) in [5, 5.41) is 0. The molecule has 2 rings (SSSR count). The van der Waals surface area contributed by atoms with Gasteiger partial charge < -0.3 is 9.64 Å². The third-order valence-corrected chi connectivity index (χ3v) is 2.89. The molecular weight excluding hydrogens is 234 g/mol. The number of ether oxygens (including phenoxy) is 1. The predicted molar refractivity (Wildman–Crippen MR) is 70.0 cm³/mol. The van der Waals surface area contributed by atoms with E-state index in [2.05, 4.69) is 33.6 Å². The van der Waals surface area contributed by atoms with Gasteiger partial charge in [-0.3, -0.25) is 0 Å². The number of hydrogen-bond donors (Lipinski definition) is 0. The normalized spacial score (nSPS) is 15.3. The first-order valence-electron chi connectivity index (χ1n) is 5.70. The van der Waals surface area contributed by atoms with E-state index < -0.39 is 0 Å². The van der Waals surface area contributed by atoms with Crippen molar-refractivity contribution in [3.8, 4) is 5.88 Å². The molecule has 5 heteroatoms. The van der Waals surface area contributed by atoms with Gasteiger partial charge in [-0.15, -0.1) is 4.37 Å². The Morgan fingerprint density at radius 1 is 1.47 bits per heavy atom. The molecule has 4 nitrogen and oxygen atoms in total. The quantitative estimate of drug-likeness (QED) is 0.823. The fraction of sp³-hybridized carbons (Fsp3) is 0.500. The van der Waals surface area contributed by atoms with Crippen molar-refractivity contribution in [3.63, 3.8) is 0 Å². The van der Waals surface area contributed by atoms with Crippen LogP contribution in [0.25, 0.3) is 5.57 Å². The zero-order valence-electron chi connectivity index (χ0n) is 10.4. The van der Waals surface area contributed by atoms with Crippen LogP contribution in [0.2, 0.25) is 0 Å². The Balaban J connectivity index is 2.13. The molecule has 1 aromatic heterocycles. The average Bonchev–Trinajstić information content (AvgIpc) is 2.74. The molecule has 0 amide bonds. The van der Waals surface area contributed by atoms with Gasteiger partial charge in [0.25, 0.3) is 5.88 Å². The van der Waals surface area contributed by atoms with E-state index in [4.69, 9.17) is 4.74 Å². The van der Waals surface area contributed by atoms with Gasteiger partial charge in [0, 0.05) is 19.2 Å². The van der Waals surface area contributed by atoms with E-state index in [0.717, 1.165) is 17.8 Å². The summed E-state index contributed by atoms with van der Waals surface area (Å²) >= 11 is 1.20. The second kappa shape index (κ2) is 5.31. The molecule has 0 bridgehead atoms. The first-order valence-corrected chi connectivity index (χ1v) is 6.43. The van der Waals surface area contributed by atoms with Crippen LogP contribution in [-0.4, -0.2) is 33.8 Å². The molecule has 1 aliphatic heterocycles. The highest BCUT2D eigenvalue weighted by atomic mass is 32.1. The molecule has 0 fully saturated rings. The predicted octanol–water partition coefficient (Wildman–Crippen LogP) is 2.42. The number of nitrogens with zero attached hydrogens (tertiary/aromatic N) is 3. The first kappa shape index (κ1) is 12.1. The summed E-state index contributed by atoms with van der Waals surface area (Å²) in [6, 6.07) is 0. The molecule has 0 N–H and O–H groups in total. The summed E-state index contributed by atoms with van der Waals surface area (Å²) in [6.45, 7) is 5.77. The Labute approximate surface area is 106 Å². The summed E-state index contributed by atoms with van der Waals surface area (Å²) in [5.74, 6) is 1.16. The lowest BCUT2D eigenvalue weighted by molar-refractivity contribution is 0.262. The van der Waals surface area contributed by atoms with Crippen LogP contribution in [0.3, 0.4) is 0 Å². The zero-order chi connectivity index (χ0) is 12.3. The molecule has 0 aromatic carbocycles. The summed E-state index contributed by atoms with van der Waals surface area (Å²) < 4.78 is 14.2. The van der Waals surface area contributed by atoms with E-state index in [1.807, 2.05) is 19.3 Å². The maximum absolute atomic E-state index is 5.68. The van der Waals surface area contributed by atoms with Crippen molar-refractivity contribution < 1.29 is 4.74 Å². The number of aromatic nitrogens is 2. The van der Waals surface area contributed by atoms with E-state index >= 15 is 0 Å². The van der Waals surface area contributed by atoms with Gasteiger partial charge in [-0.1, -0.05) is 19.9 Å². The van der Waals surface area contributed by atoms with Crippen molar-refractivity contribution in [2.75, 3.05) is 20.2 Å². The van der Waals surface area contributed by atoms with Gasteiger partial charge in [0.2, 0.25) is 0 Å². The van der Waals surface area contributed by atoms with Crippen molar-refractivity contribution in [1.82, 2.24) is 13.6 Å². The third-order valence-electron chi connectivity index (χ3n) is 2.37. The van der Waals surface area contributed by atoms with Gasteiger partial charge >= 0.3 is 0 Å². The molecule has 17 heavy (non-hydrogen) atoms. The van der Waals surface area contributed by atoms with Crippen LogP contribution in [0.4, 0.5) is 0 Å². The molecule has 0 spiro atoms. The molecule has 92 valence electrons. The maximum atomic E-state index is 5.68. The number of allylic oxidation sites excluding steroid dienone is 2. The summed E-state index contributed by atoms with van der Waals surface area (Å²) in [6.07, 6.45) is 6.13. The van der Waals surface area contributed by atoms with Crippen LogP contribution in [0.5, 0.6) is 5.88 Å². The van der Waals surface area contributed by atoms with Crippen LogP contribution in [-0.2, 0) is 0 Å².